The third kappa shape index (κ3) is 6.40. The Hall–Kier alpha value is -1.88. The first-order valence-corrected chi connectivity index (χ1v) is 8.41. The van der Waals surface area contributed by atoms with E-state index in [0.717, 1.165) is 31.6 Å². The average Bonchev–Trinajstić information content (AvgIpc) is 3.05. The second-order valence-corrected chi connectivity index (χ2v) is 6.18. The van der Waals surface area contributed by atoms with Gasteiger partial charge < -0.3 is 15.3 Å². The maximum Gasteiger partial charge on any atom is 0.307 e. The molecular weight excluding hydrogens is 292 g/mol. The Bertz CT molecular complexity index is 498. The van der Waals surface area contributed by atoms with E-state index in [-0.39, 0.29) is 12.3 Å². The maximum atomic E-state index is 12.0. The Balaban J connectivity index is 1.69. The number of carbonyl (C=O) groups excluding carboxylic acids is 1. The number of carboxylic acids is 1. The van der Waals surface area contributed by atoms with Gasteiger partial charge in [0.1, 0.15) is 0 Å². The molecule has 0 spiro atoms. The summed E-state index contributed by atoms with van der Waals surface area (Å²) in [6.07, 6.45) is 3.88. The quantitative estimate of drug-likeness (QED) is 0.683. The minimum atomic E-state index is -0.916. The Morgan fingerprint density at radius 1 is 1.17 bits per heavy atom. The average molecular weight is 318 g/mol. The molecule has 1 saturated heterocycles. The van der Waals surface area contributed by atoms with E-state index >= 15 is 0 Å². The van der Waals surface area contributed by atoms with Crippen molar-refractivity contribution in [2.24, 2.45) is 5.92 Å². The van der Waals surface area contributed by atoms with Gasteiger partial charge in [0.05, 0.1) is 5.92 Å². The van der Waals surface area contributed by atoms with Gasteiger partial charge >= 0.3 is 5.97 Å². The molecule has 2 N–H and O–H groups in total. The number of hydrogen-bond acceptors (Lipinski definition) is 3. The number of carboxylic acid groups (broad SMARTS) is 1. The number of rotatable bonds is 9. The van der Waals surface area contributed by atoms with Crippen LogP contribution < -0.4 is 5.32 Å². The number of hydrogen-bond donors (Lipinski definition) is 2. The number of carbonyl (C=O) groups is 2. The van der Waals surface area contributed by atoms with Crippen molar-refractivity contribution >= 4 is 11.9 Å². The highest BCUT2D eigenvalue weighted by atomic mass is 16.4. The van der Waals surface area contributed by atoms with Crippen molar-refractivity contribution in [2.75, 3.05) is 26.2 Å². The SMILES string of the molecule is O=C(C[C@@H](Cc1ccccc1)C(=O)O)NCCCN1CCCC1. The van der Waals surface area contributed by atoms with Crippen molar-refractivity contribution in [3.05, 3.63) is 35.9 Å². The Labute approximate surface area is 137 Å². The van der Waals surface area contributed by atoms with E-state index < -0.39 is 11.9 Å². The standard InChI is InChI=1S/C18H26N2O3/c21-17(19-9-6-12-20-10-4-5-11-20)14-16(18(22)23)13-15-7-2-1-3-8-15/h1-3,7-8,16H,4-6,9-14H2,(H,19,21)(H,22,23)/t16-/m1/s1. The van der Waals surface area contributed by atoms with Crippen molar-refractivity contribution < 1.29 is 14.7 Å². The maximum absolute atomic E-state index is 12.0. The fourth-order valence-corrected chi connectivity index (χ4v) is 2.98. The summed E-state index contributed by atoms with van der Waals surface area (Å²) in [4.78, 5) is 25.7. The first kappa shape index (κ1) is 17.5. The van der Waals surface area contributed by atoms with Gasteiger partial charge in [-0.05, 0) is 50.9 Å². The van der Waals surface area contributed by atoms with Crippen LogP contribution in [0.15, 0.2) is 30.3 Å². The van der Waals surface area contributed by atoms with E-state index in [2.05, 4.69) is 10.2 Å². The minimum absolute atomic E-state index is 0.0357. The van der Waals surface area contributed by atoms with Crippen LogP contribution in [0.4, 0.5) is 0 Å². The molecule has 1 aromatic carbocycles. The molecule has 5 nitrogen and oxygen atoms in total. The first-order chi connectivity index (χ1) is 11.1. The van der Waals surface area contributed by atoms with E-state index in [1.54, 1.807) is 0 Å². The molecule has 0 radical (unpaired) electrons. The van der Waals surface area contributed by atoms with Crippen molar-refractivity contribution in [1.82, 2.24) is 10.2 Å². The summed E-state index contributed by atoms with van der Waals surface area (Å²) in [5, 5.41) is 12.2. The lowest BCUT2D eigenvalue weighted by molar-refractivity contribution is -0.144. The van der Waals surface area contributed by atoms with Crippen LogP contribution >= 0.6 is 0 Å². The minimum Gasteiger partial charge on any atom is -0.481 e. The van der Waals surface area contributed by atoms with Gasteiger partial charge in [0.25, 0.3) is 0 Å². The molecule has 1 aromatic rings. The van der Waals surface area contributed by atoms with E-state index in [1.807, 2.05) is 30.3 Å². The van der Waals surface area contributed by atoms with Gasteiger partial charge in [-0.3, -0.25) is 9.59 Å². The number of aliphatic carboxylic acids is 1. The molecule has 1 heterocycles. The van der Waals surface area contributed by atoms with Crippen LogP contribution in [-0.4, -0.2) is 48.1 Å². The molecule has 0 aromatic heterocycles. The number of nitrogens with zero attached hydrogens (tertiary/aromatic N) is 1. The molecule has 1 amide bonds. The zero-order valence-corrected chi connectivity index (χ0v) is 13.5. The zero-order valence-electron chi connectivity index (χ0n) is 13.5. The highest BCUT2D eigenvalue weighted by molar-refractivity contribution is 5.82. The van der Waals surface area contributed by atoms with Crippen LogP contribution in [0.2, 0.25) is 0 Å². The van der Waals surface area contributed by atoms with Gasteiger partial charge in [-0.2, -0.15) is 0 Å². The number of nitrogens with one attached hydrogen (secondary N) is 1. The van der Waals surface area contributed by atoms with Gasteiger partial charge in [0.2, 0.25) is 5.91 Å². The Kier molecular flexibility index (Phi) is 7.07. The van der Waals surface area contributed by atoms with Gasteiger partial charge in [0.15, 0.2) is 0 Å². The summed E-state index contributed by atoms with van der Waals surface area (Å²) in [5.74, 6) is -1.76. The molecule has 1 aliphatic heterocycles. The van der Waals surface area contributed by atoms with Gasteiger partial charge in [-0.25, -0.2) is 0 Å². The highest BCUT2D eigenvalue weighted by Gasteiger charge is 2.21. The largest absolute Gasteiger partial charge is 0.481 e. The molecule has 0 saturated carbocycles. The van der Waals surface area contributed by atoms with Crippen LogP contribution in [0.25, 0.3) is 0 Å². The fraction of sp³-hybridized carbons (Fsp3) is 0.556. The van der Waals surface area contributed by atoms with E-state index in [9.17, 15) is 14.7 Å². The van der Waals surface area contributed by atoms with Gasteiger partial charge in [-0.15, -0.1) is 0 Å². The number of amides is 1. The molecule has 0 bridgehead atoms. The van der Waals surface area contributed by atoms with Crippen molar-refractivity contribution in [3.63, 3.8) is 0 Å². The summed E-state index contributed by atoms with van der Waals surface area (Å²) in [6.45, 7) is 3.94. The predicted octanol–water partition coefficient (Wildman–Crippen LogP) is 1.92. The molecule has 1 fully saturated rings. The van der Waals surface area contributed by atoms with Crippen LogP contribution in [0.5, 0.6) is 0 Å². The zero-order chi connectivity index (χ0) is 16.5. The van der Waals surface area contributed by atoms with E-state index in [4.69, 9.17) is 0 Å². The molecule has 2 rings (SSSR count). The van der Waals surface area contributed by atoms with Crippen LogP contribution in [0.3, 0.4) is 0 Å². The lowest BCUT2D eigenvalue weighted by Crippen LogP contribution is -2.31. The van der Waals surface area contributed by atoms with Gasteiger partial charge in [-0.1, -0.05) is 30.3 Å². The van der Waals surface area contributed by atoms with Crippen LogP contribution in [0, 0.1) is 5.92 Å². The third-order valence-corrected chi connectivity index (χ3v) is 4.28. The molecule has 23 heavy (non-hydrogen) atoms. The van der Waals surface area contributed by atoms with Crippen LogP contribution in [-0.2, 0) is 16.0 Å². The molecular formula is C18H26N2O3. The molecule has 5 heteroatoms. The molecule has 0 unspecified atom stereocenters. The fourth-order valence-electron chi connectivity index (χ4n) is 2.98. The predicted molar refractivity (Wildman–Crippen MR) is 89.2 cm³/mol. The summed E-state index contributed by atoms with van der Waals surface area (Å²) < 4.78 is 0. The smallest absolute Gasteiger partial charge is 0.307 e. The van der Waals surface area contributed by atoms with Crippen molar-refractivity contribution in [2.45, 2.75) is 32.1 Å². The Morgan fingerprint density at radius 3 is 2.52 bits per heavy atom. The highest BCUT2D eigenvalue weighted by Crippen LogP contribution is 2.13. The topological polar surface area (TPSA) is 69.6 Å². The lowest BCUT2D eigenvalue weighted by atomic mass is 9.96. The molecule has 1 atom stereocenters. The van der Waals surface area contributed by atoms with Crippen LogP contribution in [0.1, 0.15) is 31.2 Å². The second kappa shape index (κ2) is 9.30. The molecule has 0 aliphatic carbocycles. The molecule has 126 valence electrons. The number of benzene rings is 1. The molecule has 1 aliphatic rings. The van der Waals surface area contributed by atoms with E-state index in [1.165, 1.54) is 12.8 Å². The number of likely N-dealkylation sites (tertiary alicyclic amines) is 1. The summed E-state index contributed by atoms with van der Waals surface area (Å²) in [6, 6.07) is 9.44. The van der Waals surface area contributed by atoms with E-state index in [0.29, 0.717) is 13.0 Å². The van der Waals surface area contributed by atoms with Gasteiger partial charge in [0, 0.05) is 13.0 Å². The summed E-state index contributed by atoms with van der Waals surface area (Å²) in [7, 11) is 0. The second-order valence-electron chi connectivity index (χ2n) is 6.18. The lowest BCUT2D eigenvalue weighted by Gasteiger charge is -2.15. The first-order valence-electron chi connectivity index (χ1n) is 8.41. The summed E-state index contributed by atoms with van der Waals surface area (Å²) in [5.41, 5.74) is 0.946. The van der Waals surface area contributed by atoms with Crippen molar-refractivity contribution in [1.29, 1.82) is 0 Å². The Morgan fingerprint density at radius 2 is 1.87 bits per heavy atom. The third-order valence-electron chi connectivity index (χ3n) is 4.28. The van der Waals surface area contributed by atoms with Crippen molar-refractivity contribution in [3.8, 4) is 0 Å². The summed E-state index contributed by atoms with van der Waals surface area (Å²) >= 11 is 0. The monoisotopic (exact) mass is 318 g/mol. The normalized spacial score (nSPS) is 16.2.